The molecular formula is C21H20ClFN4O2. The van der Waals surface area contributed by atoms with Crippen LogP contribution in [0, 0.1) is 5.82 Å². The fourth-order valence-electron chi connectivity index (χ4n) is 3.22. The average Bonchev–Trinajstić information content (AvgIpc) is 3.20. The Bertz CT molecular complexity index is 967. The van der Waals surface area contributed by atoms with Gasteiger partial charge in [-0.3, -0.25) is 9.69 Å². The minimum absolute atomic E-state index is 0.198. The number of benzene rings is 2. The van der Waals surface area contributed by atoms with Gasteiger partial charge in [-0.05, 0) is 48.5 Å². The molecule has 0 radical (unpaired) electrons. The Balaban J connectivity index is 1.29. The summed E-state index contributed by atoms with van der Waals surface area (Å²) in [5.74, 6) is -0.253. The largest absolute Gasteiger partial charge is 0.447 e. The molecule has 0 spiro atoms. The average molecular weight is 415 g/mol. The van der Waals surface area contributed by atoms with Crippen LogP contribution in [-0.2, 0) is 6.54 Å². The third-order valence-corrected chi connectivity index (χ3v) is 5.06. The van der Waals surface area contributed by atoms with Crippen molar-refractivity contribution in [1.29, 1.82) is 0 Å². The Labute approximate surface area is 172 Å². The van der Waals surface area contributed by atoms with Crippen molar-refractivity contribution in [3.63, 3.8) is 0 Å². The second kappa shape index (κ2) is 8.63. The van der Waals surface area contributed by atoms with Crippen molar-refractivity contribution in [2.75, 3.05) is 36.4 Å². The van der Waals surface area contributed by atoms with Gasteiger partial charge in [-0.25, -0.2) is 9.37 Å². The lowest BCUT2D eigenvalue weighted by Gasteiger charge is -2.35. The minimum atomic E-state index is -0.390. The molecule has 1 saturated heterocycles. The molecule has 1 aliphatic heterocycles. The Kier molecular flexibility index (Phi) is 5.78. The van der Waals surface area contributed by atoms with Crippen molar-refractivity contribution in [2.24, 2.45) is 0 Å². The molecule has 29 heavy (non-hydrogen) atoms. The molecule has 150 valence electrons. The molecule has 0 unspecified atom stereocenters. The van der Waals surface area contributed by atoms with Crippen LogP contribution in [-0.4, -0.2) is 42.0 Å². The van der Waals surface area contributed by atoms with E-state index in [9.17, 15) is 9.18 Å². The number of piperazine rings is 1. The van der Waals surface area contributed by atoms with E-state index in [0.717, 1.165) is 36.9 Å². The summed E-state index contributed by atoms with van der Waals surface area (Å²) < 4.78 is 18.4. The monoisotopic (exact) mass is 414 g/mol. The summed E-state index contributed by atoms with van der Waals surface area (Å²) in [6, 6.07) is 13.4. The smallest absolute Gasteiger partial charge is 0.277 e. The summed E-state index contributed by atoms with van der Waals surface area (Å²) in [5, 5.41) is 3.40. The maximum absolute atomic E-state index is 13.0. The quantitative estimate of drug-likeness (QED) is 0.682. The number of carbonyl (C=O) groups is 1. The SMILES string of the molecule is O=C(Nc1ccc(F)cc1)c1coc(CN2CCN(c3ccc(Cl)cc3)CC2)n1. The van der Waals surface area contributed by atoms with Gasteiger partial charge in [-0.15, -0.1) is 0 Å². The van der Waals surface area contributed by atoms with Gasteiger partial charge in [-0.2, -0.15) is 0 Å². The number of nitrogens with zero attached hydrogens (tertiary/aromatic N) is 3. The van der Waals surface area contributed by atoms with Crippen LogP contribution < -0.4 is 10.2 Å². The number of carbonyl (C=O) groups excluding carboxylic acids is 1. The van der Waals surface area contributed by atoms with Crippen LogP contribution in [0.2, 0.25) is 5.02 Å². The van der Waals surface area contributed by atoms with Crippen LogP contribution in [0.4, 0.5) is 15.8 Å². The van der Waals surface area contributed by atoms with Crippen molar-refractivity contribution < 1.29 is 13.6 Å². The number of amides is 1. The third kappa shape index (κ3) is 4.93. The Hall–Kier alpha value is -2.90. The molecule has 1 aliphatic rings. The van der Waals surface area contributed by atoms with Gasteiger partial charge in [0.1, 0.15) is 12.1 Å². The zero-order valence-electron chi connectivity index (χ0n) is 15.6. The first-order valence-corrected chi connectivity index (χ1v) is 9.69. The van der Waals surface area contributed by atoms with Crippen LogP contribution in [0.1, 0.15) is 16.4 Å². The van der Waals surface area contributed by atoms with Crippen LogP contribution in [0.3, 0.4) is 0 Å². The van der Waals surface area contributed by atoms with Gasteiger partial charge in [-0.1, -0.05) is 11.6 Å². The van der Waals surface area contributed by atoms with Crippen LogP contribution >= 0.6 is 11.6 Å². The molecule has 6 nitrogen and oxygen atoms in total. The highest BCUT2D eigenvalue weighted by Gasteiger charge is 2.20. The zero-order chi connectivity index (χ0) is 20.2. The van der Waals surface area contributed by atoms with E-state index in [-0.39, 0.29) is 17.4 Å². The van der Waals surface area contributed by atoms with Crippen molar-refractivity contribution in [3.05, 3.63) is 77.2 Å². The molecule has 0 aliphatic carbocycles. The lowest BCUT2D eigenvalue weighted by atomic mass is 10.2. The molecule has 1 fully saturated rings. The fourth-order valence-corrected chi connectivity index (χ4v) is 3.35. The number of rotatable bonds is 5. The van der Waals surface area contributed by atoms with E-state index in [1.54, 1.807) is 0 Å². The summed E-state index contributed by atoms with van der Waals surface area (Å²) in [6.45, 7) is 4.04. The predicted octanol–water partition coefficient (Wildman–Crippen LogP) is 4.04. The van der Waals surface area contributed by atoms with Crippen molar-refractivity contribution in [2.45, 2.75) is 6.54 Å². The Morgan fingerprint density at radius 1 is 1.07 bits per heavy atom. The van der Waals surface area contributed by atoms with Crippen LogP contribution in [0.15, 0.2) is 59.2 Å². The molecule has 1 N–H and O–H groups in total. The van der Waals surface area contributed by atoms with Gasteiger partial charge < -0.3 is 14.6 Å². The number of oxazole rings is 1. The highest BCUT2D eigenvalue weighted by Crippen LogP contribution is 2.20. The van der Waals surface area contributed by atoms with E-state index in [1.807, 2.05) is 24.3 Å². The Morgan fingerprint density at radius 2 is 1.76 bits per heavy atom. The van der Waals surface area contributed by atoms with E-state index in [0.29, 0.717) is 18.1 Å². The van der Waals surface area contributed by atoms with Gasteiger partial charge in [0, 0.05) is 42.6 Å². The van der Waals surface area contributed by atoms with Crippen LogP contribution in [0.5, 0.6) is 0 Å². The second-order valence-electron chi connectivity index (χ2n) is 6.83. The highest BCUT2D eigenvalue weighted by molar-refractivity contribution is 6.30. The summed E-state index contributed by atoms with van der Waals surface area (Å²) in [6.07, 6.45) is 1.35. The predicted molar refractivity (Wildman–Crippen MR) is 110 cm³/mol. The third-order valence-electron chi connectivity index (χ3n) is 4.81. The van der Waals surface area contributed by atoms with Crippen molar-refractivity contribution in [1.82, 2.24) is 9.88 Å². The van der Waals surface area contributed by atoms with Gasteiger partial charge in [0.25, 0.3) is 5.91 Å². The summed E-state index contributed by atoms with van der Waals surface area (Å²) >= 11 is 5.95. The number of anilines is 2. The second-order valence-corrected chi connectivity index (χ2v) is 7.26. The minimum Gasteiger partial charge on any atom is -0.447 e. The lowest BCUT2D eigenvalue weighted by Crippen LogP contribution is -2.46. The first-order valence-electron chi connectivity index (χ1n) is 9.31. The summed E-state index contributed by atoms with van der Waals surface area (Å²) in [7, 11) is 0. The number of hydrogen-bond donors (Lipinski definition) is 1. The lowest BCUT2D eigenvalue weighted by molar-refractivity contribution is 0.102. The first-order chi connectivity index (χ1) is 14.1. The van der Waals surface area contributed by atoms with Gasteiger partial charge in [0.15, 0.2) is 5.69 Å². The van der Waals surface area contributed by atoms with Crippen molar-refractivity contribution in [3.8, 4) is 0 Å². The number of nitrogens with one attached hydrogen (secondary N) is 1. The molecule has 0 bridgehead atoms. The maximum atomic E-state index is 13.0. The van der Waals surface area contributed by atoms with Crippen LogP contribution in [0.25, 0.3) is 0 Å². The fraction of sp³-hybridized carbons (Fsp3) is 0.238. The molecule has 0 atom stereocenters. The number of halogens is 2. The highest BCUT2D eigenvalue weighted by atomic mass is 35.5. The van der Waals surface area contributed by atoms with E-state index < -0.39 is 0 Å². The van der Waals surface area contributed by atoms with E-state index in [2.05, 4.69) is 20.1 Å². The molecule has 1 aromatic heterocycles. The summed E-state index contributed by atoms with van der Waals surface area (Å²) in [4.78, 5) is 21.1. The molecule has 0 saturated carbocycles. The van der Waals surface area contributed by atoms with E-state index in [4.69, 9.17) is 16.0 Å². The molecule has 2 aromatic carbocycles. The van der Waals surface area contributed by atoms with E-state index >= 15 is 0 Å². The van der Waals surface area contributed by atoms with Gasteiger partial charge in [0.05, 0.1) is 6.54 Å². The maximum Gasteiger partial charge on any atom is 0.277 e. The number of aromatic nitrogens is 1. The Morgan fingerprint density at radius 3 is 2.45 bits per heavy atom. The molecule has 8 heteroatoms. The van der Waals surface area contributed by atoms with Gasteiger partial charge >= 0.3 is 0 Å². The van der Waals surface area contributed by atoms with E-state index in [1.165, 1.54) is 30.5 Å². The zero-order valence-corrected chi connectivity index (χ0v) is 16.4. The summed E-state index contributed by atoms with van der Waals surface area (Å²) in [5.41, 5.74) is 1.85. The van der Waals surface area contributed by atoms with Gasteiger partial charge in [0.2, 0.25) is 5.89 Å². The molecular weight excluding hydrogens is 395 g/mol. The topological polar surface area (TPSA) is 61.6 Å². The number of hydrogen-bond acceptors (Lipinski definition) is 5. The van der Waals surface area contributed by atoms with Crippen molar-refractivity contribution >= 4 is 28.9 Å². The standard InChI is InChI=1S/C21H20ClFN4O2/c22-15-1-7-18(8-2-15)27-11-9-26(10-12-27)13-20-25-19(14-29-20)21(28)24-17-5-3-16(23)4-6-17/h1-8,14H,9-13H2,(H,24,28). The molecule has 1 amide bonds. The first kappa shape index (κ1) is 19.4. The molecule has 3 aromatic rings. The molecule has 2 heterocycles. The molecule has 4 rings (SSSR count). The normalized spacial score (nSPS) is 14.8.